The van der Waals surface area contributed by atoms with Crippen LogP contribution in [0.15, 0.2) is 66.0 Å². The van der Waals surface area contributed by atoms with Gasteiger partial charge in [-0.1, -0.05) is 42.1 Å². The van der Waals surface area contributed by atoms with E-state index in [-0.39, 0.29) is 16.9 Å². The van der Waals surface area contributed by atoms with Crippen LogP contribution in [0.25, 0.3) is 11.3 Å². The van der Waals surface area contributed by atoms with Crippen molar-refractivity contribution in [1.82, 2.24) is 9.55 Å². The average Bonchev–Trinajstić information content (AvgIpc) is 2.96. The lowest BCUT2D eigenvalue weighted by atomic mass is 10.1. The number of Topliss-reactive ketones (excluding diaryl/α,β-unsaturated/α-hetero) is 1. The van der Waals surface area contributed by atoms with Crippen molar-refractivity contribution in [3.63, 3.8) is 0 Å². The van der Waals surface area contributed by atoms with E-state index >= 15 is 0 Å². The van der Waals surface area contributed by atoms with E-state index in [1.165, 1.54) is 36.0 Å². The highest BCUT2D eigenvalue weighted by molar-refractivity contribution is 8.00. The lowest BCUT2D eigenvalue weighted by molar-refractivity contribution is 0.0994. The molecule has 5 heteroatoms. The van der Waals surface area contributed by atoms with Crippen LogP contribution >= 0.6 is 11.8 Å². The molecule has 2 aromatic carbocycles. The third-order valence-electron chi connectivity index (χ3n) is 3.80. The quantitative estimate of drug-likeness (QED) is 0.503. The summed E-state index contributed by atoms with van der Waals surface area (Å²) in [7, 11) is 1.94. The normalized spacial score (nSPS) is 12.1. The minimum atomic E-state index is -0.344. The summed E-state index contributed by atoms with van der Waals surface area (Å²) in [6.07, 6.45) is 1.81. The summed E-state index contributed by atoms with van der Waals surface area (Å²) in [6, 6.07) is 15.6. The molecule has 0 saturated heterocycles. The summed E-state index contributed by atoms with van der Waals surface area (Å²) in [6.45, 7) is 1.84. The predicted molar refractivity (Wildman–Crippen MR) is 94.7 cm³/mol. The van der Waals surface area contributed by atoms with Crippen molar-refractivity contribution in [2.24, 2.45) is 7.05 Å². The van der Waals surface area contributed by atoms with E-state index in [1.54, 1.807) is 0 Å². The van der Waals surface area contributed by atoms with Crippen molar-refractivity contribution in [1.29, 1.82) is 0 Å². The molecular formula is C19H17FN2OS. The van der Waals surface area contributed by atoms with Crippen LogP contribution in [0.4, 0.5) is 4.39 Å². The molecule has 24 heavy (non-hydrogen) atoms. The van der Waals surface area contributed by atoms with Crippen molar-refractivity contribution >= 4 is 17.5 Å². The minimum absolute atomic E-state index is 0.0377. The summed E-state index contributed by atoms with van der Waals surface area (Å²) in [5, 5.41) is 0.469. The Morgan fingerprint density at radius 3 is 2.46 bits per heavy atom. The predicted octanol–water partition coefficient (Wildman–Crippen LogP) is 4.59. The number of halogens is 1. The molecule has 0 spiro atoms. The van der Waals surface area contributed by atoms with Gasteiger partial charge in [0.2, 0.25) is 0 Å². The Bertz CT molecular complexity index is 844. The van der Waals surface area contributed by atoms with Crippen molar-refractivity contribution < 1.29 is 9.18 Å². The number of imidazole rings is 1. The monoisotopic (exact) mass is 340 g/mol. The van der Waals surface area contributed by atoms with Gasteiger partial charge in [0.1, 0.15) is 5.82 Å². The third-order valence-corrected chi connectivity index (χ3v) is 4.95. The number of carbonyl (C=O) groups excluding carboxylic acids is 1. The molecule has 1 atom stereocenters. The van der Waals surface area contributed by atoms with Gasteiger partial charge in [0.15, 0.2) is 10.9 Å². The van der Waals surface area contributed by atoms with E-state index in [1.807, 2.05) is 55.1 Å². The Labute approximate surface area is 144 Å². The van der Waals surface area contributed by atoms with E-state index in [4.69, 9.17) is 0 Å². The maximum absolute atomic E-state index is 13.0. The SMILES string of the molecule is CC(Sc1ncc(-c2ccccc2)n1C)C(=O)c1ccc(F)cc1. The molecule has 3 aromatic rings. The van der Waals surface area contributed by atoms with Crippen LogP contribution in [0.5, 0.6) is 0 Å². The standard InChI is InChI=1S/C19H17FN2OS/c1-13(18(23)15-8-10-16(20)11-9-15)24-19-21-12-17(22(19)2)14-6-4-3-5-7-14/h3-13H,1-2H3. The molecule has 1 aromatic heterocycles. The highest BCUT2D eigenvalue weighted by Gasteiger charge is 2.19. The number of ketones is 1. The zero-order valence-corrected chi connectivity index (χ0v) is 14.3. The number of thioether (sulfide) groups is 1. The van der Waals surface area contributed by atoms with Crippen molar-refractivity contribution in [3.05, 3.63) is 72.2 Å². The largest absolute Gasteiger partial charge is 0.322 e. The molecule has 1 unspecified atom stereocenters. The first-order valence-electron chi connectivity index (χ1n) is 7.60. The molecule has 0 saturated carbocycles. The number of hydrogen-bond acceptors (Lipinski definition) is 3. The maximum Gasteiger partial charge on any atom is 0.175 e. The van der Waals surface area contributed by atoms with Gasteiger partial charge in [-0.15, -0.1) is 0 Å². The van der Waals surface area contributed by atoms with Gasteiger partial charge in [0.05, 0.1) is 17.1 Å². The molecule has 0 amide bonds. The molecule has 0 radical (unpaired) electrons. The molecule has 1 heterocycles. The molecule has 3 nitrogen and oxygen atoms in total. The summed E-state index contributed by atoms with van der Waals surface area (Å²) in [5.41, 5.74) is 2.59. The molecule has 3 rings (SSSR count). The first-order chi connectivity index (χ1) is 11.6. The van der Waals surface area contributed by atoms with Gasteiger partial charge in [-0.3, -0.25) is 4.79 Å². The van der Waals surface area contributed by atoms with Crippen LogP contribution in [0.1, 0.15) is 17.3 Å². The Morgan fingerprint density at radius 2 is 1.79 bits per heavy atom. The zero-order valence-electron chi connectivity index (χ0n) is 13.4. The smallest absolute Gasteiger partial charge is 0.175 e. The van der Waals surface area contributed by atoms with Crippen LogP contribution in [0.3, 0.4) is 0 Å². The second-order valence-electron chi connectivity index (χ2n) is 5.48. The van der Waals surface area contributed by atoms with Crippen LogP contribution in [-0.2, 0) is 7.05 Å². The van der Waals surface area contributed by atoms with Gasteiger partial charge in [-0.2, -0.15) is 0 Å². The number of nitrogens with zero attached hydrogens (tertiary/aromatic N) is 2. The van der Waals surface area contributed by atoms with Gasteiger partial charge in [-0.05, 0) is 36.8 Å². The van der Waals surface area contributed by atoms with Crippen molar-refractivity contribution in [2.75, 3.05) is 0 Å². The number of rotatable bonds is 5. The van der Waals surface area contributed by atoms with Gasteiger partial charge in [-0.25, -0.2) is 9.37 Å². The highest BCUT2D eigenvalue weighted by atomic mass is 32.2. The first-order valence-corrected chi connectivity index (χ1v) is 8.48. The van der Waals surface area contributed by atoms with Gasteiger partial charge >= 0.3 is 0 Å². The van der Waals surface area contributed by atoms with Gasteiger partial charge < -0.3 is 4.57 Å². The number of hydrogen-bond donors (Lipinski definition) is 0. The Morgan fingerprint density at radius 1 is 1.12 bits per heavy atom. The second-order valence-corrected chi connectivity index (χ2v) is 6.79. The maximum atomic E-state index is 13.0. The molecule has 0 aliphatic carbocycles. The molecule has 0 bridgehead atoms. The van der Waals surface area contributed by atoms with Gasteiger partial charge in [0.25, 0.3) is 0 Å². The fourth-order valence-corrected chi connectivity index (χ4v) is 3.37. The van der Waals surface area contributed by atoms with E-state index < -0.39 is 0 Å². The molecular weight excluding hydrogens is 323 g/mol. The van der Waals surface area contributed by atoms with Crippen LogP contribution in [-0.4, -0.2) is 20.6 Å². The third kappa shape index (κ3) is 3.41. The lowest BCUT2D eigenvalue weighted by Gasteiger charge is -2.11. The van der Waals surface area contributed by atoms with Gasteiger partial charge in [0, 0.05) is 12.6 Å². The topological polar surface area (TPSA) is 34.9 Å². The first kappa shape index (κ1) is 16.5. The summed E-state index contributed by atoms with van der Waals surface area (Å²) < 4.78 is 15.0. The van der Waals surface area contributed by atoms with E-state index in [0.29, 0.717) is 5.56 Å². The fraction of sp³-hybridized carbons (Fsp3) is 0.158. The lowest BCUT2D eigenvalue weighted by Crippen LogP contribution is -2.14. The van der Waals surface area contributed by atoms with Crippen LogP contribution in [0, 0.1) is 5.82 Å². The summed E-state index contributed by atoms with van der Waals surface area (Å²) >= 11 is 1.40. The van der Waals surface area contributed by atoms with Crippen LogP contribution < -0.4 is 0 Å². The molecule has 122 valence electrons. The summed E-state index contributed by atoms with van der Waals surface area (Å²) in [5.74, 6) is -0.382. The Balaban J connectivity index is 1.78. The molecule has 0 fully saturated rings. The van der Waals surface area contributed by atoms with E-state index in [0.717, 1.165) is 16.4 Å². The van der Waals surface area contributed by atoms with E-state index in [2.05, 4.69) is 4.98 Å². The Kier molecular flexibility index (Phi) is 4.81. The molecule has 0 aliphatic rings. The van der Waals surface area contributed by atoms with Crippen molar-refractivity contribution in [3.8, 4) is 11.3 Å². The fourth-order valence-electron chi connectivity index (χ4n) is 2.44. The molecule has 0 aliphatic heterocycles. The Hall–Kier alpha value is -2.40. The minimum Gasteiger partial charge on any atom is -0.322 e. The van der Waals surface area contributed by atoms with Crippen molar-refractivity contribution in [2.45, 2.75) is 17.3 Å². The summed E-state index contributed by atoms with van der Waals surface area (Å²) in [4.78, 5) is 16.9. The number of benzene rings is 2. The molecule has 0 N–H and O–H groups in total. The zero-order chi connectivity index (χ0) is 17.1. The number of carbonyl (C=O) groups is 1. The number of aromatic nitrogens is 2. The average molecular weight is 340 g/mol. The van der Waals surface area contributed by atoms with Crippen LogP contribution in [0.2, 0.25) is 0 Å². The highest BCUT2D eigenvalue weighted by Crippen LogP contribution is 2.28. The second kappa shape index (κ2) is 7.01. The van der Waals surface area contributed by atoms with E-state index in [9.17, 15) is 9.18 Å².